The molecule has 12 heteroatoms. The lowest BCUT2D eigenvalue weighted by atomic mass is 10.1. The van der Waals surface area contributed by atoms with Gasteiger partial charge in [0.15, 0.2) is 5.65 Å². The topological polar surface area (TPSA) is 94.5 Å². The van der Waals surface area contributed by atoms with Crippen molar-refractivity contribution in [3.8, 4) is 11.5 Å². The van der Waals surface area contributed by atoms with Gasteiger partial charge in [-0.25, -0.2) is 9.67 Å². The van der Waals surface area contributed by atoms with Gasteiger partial charge in [0.2, 0.25) is 0 Å². The van der Waals surface area contributed by atoms with Gasteiger partial charge >= 0.3 is 6.36 Å². The molecule has 9 nitrogen and oxygen atoms in total. The fourth-order valence-corrected chi connectivity index (χ4v) is 4.32. The van der Waals surface area contributed by atoms with E-state index in [0.29, 0.717) is 48.9 Å². The van der Waals surface area contributed by atoms with Crippen LogP contribution in [0.15, 0.2) is 35.3 Å². The van der Waals surface area contributed by atoms with Crippen molar-refractivity contribution in [1.29, 1.82) is 0 Å². The number of nitrogens with one attached hydrogen (secondary N) is 1. The molecule has 2 aliphatic rings. The number of alkyl halides is 3. The molecule has 4 heterocycles. The van der Waals surface area contributed by atoms with E-state index in [9.17, 15) is 18.0 Å². The normalized spacial score (nSPS) is 19.2. The zero-order valence-corrected chi connectivity index (χ0v) is 18.4. The number of hydrogen-bond acceptors (Lipinski definition) is 7. The number of hydrogen-bond donors (Lipinski definition) is 1. The summed E-state index contributed by atoms with van der Waals surface area (Å²) in [7, 11) is 0. The van der Waals surface area contributed by atoms with Crippen LogP contribution in [0.25, 0.3) is 11.0 Å². The van der Waals surface area contributed by atoms with Gasteiger partial charge in [0.1, 0.15) is 28.8 Å². The number of halogens is 3. The Bertz CT molecular complexity index is 1220. The molecular weight excluding hydrogens is 455 g/mol. The molecule has 0 amide bonds. The van der Waals surface area contributed by atoms with Gasteiger partial charge in [-0.05, 0) is 31.9 Å². The van der Waals surface area contributed by atoms with Gasteiger partial charge in [0.05, 0.1) is 18.3 Å². The largest absolute Gasteiger partial charge is 0.573 e. The average Bonchev–Trinajstić information content (AvgIpc) is 3.20. The van der Waals surface area contributed by atoms with Crippen molar-refractivity contribution in [3.05, 3.63) is 46.6 Å². The molecule has 0 aliphatic carbocycles. The molecule has 2 aliphatic heterocycles. The van der Waals surface area contributed by atoms with E-state index in [1.54, 1.807) is 12.3 Å². The first kappa shape index (κ1) is 22.7. The van der Waals surface area contributed by atoms with Crippen LogP contribution in [0.4, 0.5) is 13.2 Å². The Morgan fingerprint density at radius 2 is 1.94 bits per heavy atom. The molecule has 5 rings (SSSR count). The second-order valence-electron chi connectivity index (χ2n) is 8.51. The summed E-state index contributed by atoms with van der Waals surface area (Å²) in [6.07, 6.45) is -1.78. The number of rotatable bonds is 6. The summed E-state index contributed by atoms with van der Waals surface area (Å²) in [6, 6.07) is 5.42. The van der Waals surface area contributed by atoms with Crippen LogP contribution in [0.1, 0.15) is 37.7 Å². The summed E-state index contributed by atoms with van der Waals surface area (Å²) in [5.74, 6) is 0.503. The third-order valence-corrected chi connectivity index (χ3v) is 6.18. The Labute approximate surface area is 192 Å². The number of aromatic amines is 1. The monoisotopic (exact) mass is 479 g/mol. The predicted octanol–water partition coefficient (Wildman–Crippen LogP) is 3.19. The third kappa shape index (κ3) is 4.73. The minimum atomic E-state index is -4.76. The highest BCUT2D eigenvalue weighted by Crippen LogP contribution is 2.30. The predicted molar refractivity (Wildman–Crippen MR) is 115 cm³/mol. The van der Waals surface area contributed by atoms with Crippen LogP contribution in [0.2, 0.25) is 0 Å². The van der Waals surface area contributed by atoms with Crippen molar-refractivity contribution in [2.45, 2.75) is 44.3 Å². The number of ether oxygens (including phenoxy) is 3. The molecule has 3 aromatic rings. The molecule has 1 aromatic carbocycles. The standard InChI is InChI=1S/C22H24F3N5O4/c1-13(29-11-17(12-29)33-15-3-2-4-16(9-15)34-22(23,24)25)19-27-20-18(21(31)28-19)10-26-30(20)14-5-7-32-8-6-14/h2-4,9-10,13-14,17H,5-8,11-12H2,1H3,(H,27,28,31). The Balaban J connectivity index is 1.25. The van der Waals surface area contributed by atoms with Crippen molar-refractivity contribution in [1.82, 2.24) is 24.6 Å². The number of aromatic nitrogens is 4. The molecule has 0 radical (unpaired) electrons. The zero-order valence-electron chi connectivity index (χ0n) is 18.4. The van der Waals surface area contributed by atoms with Gasteiger partial charge in [-0.15, -0.1) is 13.2 Å². The maximum atomic E-state index is 12.7. The first-order valence-electron chi connectivity index (χ1n) is 11.1. The van der Waals surface area contributed by atoms with E-state index in [1.807, 2.05) is 11.6 Å². The molecule has 1 atom stereocenters. The molecule has 1 N–H and O–H groups in total. The second kappa shape index (κ2) is 8.91. The van der Waals surface area contributed by atoms with E-state index in [2.05, 4.69) is 19.7 Å². The molecule has 182 valence electrons. The van der Waals surface area contributed by atoms with Crippen LogP contribution in [0.3, 0.4) is 0 Å². The lowest BCUT2D eigenvalue weighted by molar-refractivity contribution is -0.274. The number of nitrogens with zero attached hydrogens (tertiary/aromatic N) is 4. The van der Waals surface area contributed by atoms with Crippen molar-refractivity contribution in [2.75, 3.05) is 26.3 Å². The first-order valence-corrected chi connectivity index (χ1v) is 11.1. The van der Waals surface area contributed by atoms with Gasteiger partial charge in [-0.3, -0.25) is 9.69 Å². The summed E-state index contributed by atoms with van der Waals surface area (Å²) < 4.78 is 54.3. The van der Waals surface area contributed by atoms with E-state index in [1.165, 1.54) is 18.2 Å². The maximum Gasteiger partial charge on any atom is 0.573 e. The smallest absolute Gasteiger partial charge is 0.488 e. The highest BCUT2D eigenvalue weighted by Gasteiger charge is 2.35. The Kier molecular flexibility index (Phi) is 5.94. The van der Waals surface area contributed by atoms with Gasteiger partial charge in [0, 0.05) is 32.4 Å². The van der Waals surface area contributed by atoms with Gasteiger partial charge in [-0.2, -0.15) is 5.10 Å². The molecule has 0 saturated carbocycles. The first-order chi connectivity index (χ1) is 16.3. The fraction of sp³-hybridized carbons (Fsp3) is 0.500. The van der Waals surface area contributed by atoms with Gasteiger partial charge < -0.3 is 19.2 Å². The summed E-state index contributed by atoms with van der Waals surface area (Å²) in [5.41, 5.74) is 0.326. The third-order valence-electron chi connectivity index (χ3n) is 6.18. The van der Waals surface area contributed by atoms with E-state index in [4.69, 9.17) is 14.5 Å². The minimum Gasteiger partial charge on any atom is -0.488 e. The Morgan fingerprint density at radius 3 is 2.68 bits per heavy atom. The highest BCUT2D eigenvalue weighted by molar-refractivity contribution is 5.73. The molecule has 0 bridgehead atoms. The zero-order chi connectivity index (χ0) is 23.9. The van der Waals surface area contributed by atoms with E-state index in [0.717, 1.165) is 12.8 Å². The van der Waals surface area contributed by atoms with Crippen molar-refractivity contribution < 1.29 is 27.4 Å². The molecule has 34 heavy (non-hydrogen) atoms. The molecule has 1 unspecified atom stereocenters. The molecule has 2 saturated heterocycles. The number of benzene rings is 1. The summed E-state index contributed by atoms with van der Waals surface area (Å²) in [4.78, 5) is 22.3. The van der Waals surface area contributed by atoms with E-state index in [-0.39, 0.29) is 29.5 Å². The van der Waals surface area contributed by atoms with Crippen LogP contribution in [-0.4, -0.2) is 63.4 Å². The van der Waals surface area contributed by atoms with Crippen LogP contribution >= 0.6 is 0 Å². The second-order valence-corrected chi connectivity index (χ2v) is 8.51. The number of H-pyrrole nitrogens is 1. The molecular formula is C22H24F3N5O4. The maximum absolute atomic E-state index is 12.7. The summed E-state index contributed by atoms with van der Waals surface area (Å²) >= 11 is 0. The van der Waals surface area contributed by atoms with Gasteiger partial charge in [0.25, 0.3) is 5.56 Å². The number of likely N-dealkylation sites (tertiary alicyclic amines) is 1. The SMILES string of the molecule is CC(c1nc2c(cnn2C2CCOCC2)c(=O)[nH]1)N1CC(Oc2cccc(OC(F)(F)F)c2)C1. The fourth-order valence-electron chi connectivity index (χ4n) is 4.32. The summed E-state index contributed by atoms with van der Waals surface area (Å²) in [5, 5.41) is 4.86. The Hall–Kier alpha value is -3.12. The van der Waals surface area contributed by atoms with Crippen molar-refractivity contribution >= 4 is 11.0 Å². The lowest BCUT2D eigenvalue weighted by Gasteiger charge is -2.42. The Morgan fingerprint density at radius 1 is 1.21 bits per heavy atom. The summed E-state index contributed by atoms with van der Waals surface area (Å²) in [6.45, 7) is 4.31. The van der Waals surface area contributed by atoms with Crippen LogP contribution in [0.5, 0.6) is 11.5 Å². The van der Waals surface area contributed by atoms with Crippen LogP contribution in [-0.2, 0) is 4.74 Å². The van der Waals surface area contributed by atoms with E-state index < -0.39 is 6.36 Å². The molecule has 0 spiro atoms. The van der Waals surface area contributed by atoms with Crippen LogP contribution in [0, 0.1) is 0 Å². The highest BCUT2D eigenvalue weighted by atomic mass is 19.4. The van der Waals surface area contributed by atoms with Crippen LogP contribution < -0.4 is 15.0 Å². The quantitative estimate of drug-likeness (QED) is 0.580. The van der Waals surface area contributed by atoms with Crippen molar-refractivity contribution in [3.63, 3.8) is 0 Å². The number of fused-ring (bicyclic) bond motifs is 1. The van der Waals surface area contributed by atoms with E-state index >= 15 is 0 Å². The van der Waals surface area contributed by atoms with Gasteiger partial charge in [-0.1, -0.05) is 6.07 Å². The molecule has 2 aromatic heterocycles. The molecule has 2 fully saturated rings. The lowest BCUT2D eigenvalue weighted by Crippen LogP contribution is -2.54. The van der Waals surface area contributed by atoms with Crippen molar-refractivity contribution in [2.24, 2.45) is 0 Å². The average molecular weight is 479 g/mol. The minimum absolute atomic E-state index is 0.141.